The molecule has 1 heterocycles. The minimum atomic E-state index is -1.69. The molecule has 0 radical (unpaired) electrons. The third-order valence-electron chi connectivity index (χ3n) is 3.53. The number of halogens is 1. The van der Waals surface area contributed by atoms with Crippen molar-refractivity contribution in [3.63, 3.8) is 0 Å². The van der Waals surface area contributed by atoms with Crippen LogP contribution in [-0.2, 0) is 21.7 Å². The van der Waals surface area contributed by atoms with E-state index >= 15 is 0 Å². The van der Waals surface area contributed by atoms with Crippen LogP contribution in [0.3, 0.4) is 0 Å². The van der Waals surface area contributed by atoms with E-state index < -0.39 is 23.2 Å². The normalized spacial score (nSPS) is 13.3. The second-order valence-corrected chi connectivity index (χ2v) is 6.43. The zero-order valence-corrected chi connectivity index (χ0v) is 14.2. The van der Waals surface area contributed by atoms with E-state index in [1.54, 1.807) is 6.92 Å². The van der Waals surface area contributed by atoms with Crippen molar-refractivity contribution in [2.75, 3.05) is 7.11 Å². The Balaban J connectivity index is 2.32. The number of aromatic nitrogens is 1. The summed E-state index contributed by atoms with van der Waals surface area (Å²) >= 11 is 1.14. The third-order valence-corrected chi connectivity index (χ3v) is 4.66. The van der Waals surface area contributed by atoms with Crippen LogP contribution >= 0.6 is 11.3 Å². The molecule has 2 aromatic rings. The molecule has 0 saturated heterocycles. The summed E-state index contributed by atoms with van der Waals surface area (Å²) in [5, 5.41) is 12.7. The number of benzene rings is 1. The molecule has 0 bridgehead atoms. The van der Waals surface area contributed by atoms with E-state index in [-0.39, 0.29) is 12.2 Å². The predicted molar refractivity (Wildman–Crippen MR) is 86.4 cm³/mol. The van der Waals surface area contributed by atoms with Gasteiger partial charge in [-0.2, -0.15) is 0 Å². The van der Waals surface area contributed by atoms with E-state index in [0.29, 0.717) is 15.6 Å². The van der Waals surface area contributed by atoms with Gasteiger partial charge in [-0.1, -0.05) is 12.1 Å². The maximum Gasteiger partial charge on any atom is 0.333 e. The highest BCUT2D eigenvalue weighted by molar-refractivity contribution is 7.13. The molecule has 0 aliphatic heterocycles. The molecule has 1 aromatic heterocycles. The average Bonchev–Trinajstić information content (AvgIpc) is 2.88. The number of hydrogen-bond donors (Lipinski definition) is 2. The van der Waals surface area contributed by atoms with Gasteiger partial charge in [0.05, 0.1) is 12.3 Å². The van der Waals surface area contributed by atoms with Crippen molar-refractivity contribution >= 4 is 23.2 Å². The Morgan fingerprint density at radius 3 is 2.54 bits per heavy atom. The zero-order chi connectivity index (χ0) is 17.9. The first-order valence-corrected chi connectivity index (χ1v) is 7.86. The molecule has 0 aliphatic carbocycles. The molecule has 2 rings (SSSR count). The second-order valence-electron chi connectivity index (χ2n) is 5.35. The highest BCUT2D eigenvalue weighted by Gasteiger charge is 2.38. The van der Waals surface area contributed by atoms with Crippen LogP contribution in [0.2, 0.25) is 0 Å². The van der Waals surface area contributed by atoms with E-state index in [9.17, 15) is 19.1 Å². The number of methoxy groups -OCH3 is 1. The van der Waals surface area contributed by atoms with Gasteiger partial charge in [0.25, 0.3) is 5.91 Å². The number of rotatable bonds is 6. The fraction of sp³-hybridized carbons (Fsp3) is 0.312. The summed E-state index contributed by atoms with van der Waals surface area (Å²) in [7, 11) is 1.52. The molecule has 1 atom stereocenters. The van der Waals surface area contributed by atoms with Gasteiger partial charge in [0.15, 0.2) is 5.54 Å². The van der Waals surface area contributed by atoms with Crippen molar-refractivity contribution in [3.05, 3.63) is 51.2 Å². The summed E-state index contributed by atoms with van der Waals surface area (Å²) in [6.07, 6.45) is 0. The fourth-order valence-electron chi connectivity index (χ4n) is 2.16. The van der Waals surface area contributed by atoms with Crippen molar-refractivity contribution in [1.82, 2.24) is 10.3 Å². The summed E-state index contributed by atoms with van der Waals surface area (Å²) in [6, 6.07) is 4.97. The Bertz CT molecular complexity index is 760. The Labute approximate surface area is 142 Å². The summed E-state index contributed by atoms with van der Waals surface area (Å²) in [6.45, 7) is 3.29. The Morgan fingerprint density at radius 2 is 2.00 bits per heavy atom. The minimum Gasteiger partial charge on any atom is -0.479 e. The molecule has 0 aliphatic rings. The first-order chi connectivity index (χ1) is 11.3. The highest BCUT2D eigenvalue weighted by Crippen LogP contribution is 2.25. The Kier molecular flexibility index (Phi) is 5.30. The second kappa shape index (κ2) is 7.06. The van der Waals surface area contributed by atoms with Crippen LogP contribution in [-0.4, -0.2) is 29.1 Å². The van der Waals surface area contributed by atoms with E-state index in [0.717, 1.165) is 23.5 Å². The number of carbonyl (C=O) groups excluding carboxylic acids is 1. The van der Waals surface area contributed by atoms with Crippen LogP contribution in [0.25, 0.3) is 0 Å². The Morgan fingerprint density at radius 1 is 1.38 bits per heavy atom. The quantitative estimate of drug-likeness (QED) is 0.834. The summed E-state index contributed by atoms with van der Waals surface area (Å²) in [5.41, 5.74) is -0.928. The first kappa shape index (κ1) is 18.0. The summed E-state index contributed by atoms with van der Waals surface area (Å²) in [5.74, 6) is -2.29. The summed E-state index contributed by atoms with van der Waals surface area (Å²) < 4.78 is 18.1. The van der Waals surface area contributed by atoms with Gasteiger partial charge in [0.2, 0.25) is 0 Å². The number of carboxylic acids is 1. The van der Waals surface area contributed by atoms with Crippen LogP contribution < -0.4 is 5.32 Å². The standard InChI is InChI=1S/C16H17FN2O4S/c1-9-13(24-12(18-9)8-23-3)14(20)19-16(2,15(21)22)10-4-6-11(17)7-5-10/h4-7H,8H2,1-3H3,(H,19,20)(H,21,22). The third kappa shape index (κ3) is 3.60. The van der Waals surface area contributed by atoms with Gasteiger partial charge < -0.3 is 15.2 Å². The average molecular weight is 352 g/mol. The van der Waals surface area contributed by atoms with Crippen molar-refractivity contribution in [1.29, 1.82) is 0 Å². The monoisotopic (exact) mass is 352 g/mol. The maximum absolute atomic E-state index is 13.1. The molecular weight excluding hydrogens is 335 g/mol. The number of thiazole rings is 1. The van der Waals surface area contributed by atoms with E-state index in [1.165, 1.54) is 26.2 Å². The number of carbonyl (C=O) groups is 2. The first-order valence-electron chi connectivity index (χ1n) is 7.05. The number of carboxylic acid groups (broad SMARTS) is 1. The van der Waals surface area contributed by atoms with Gasteiger partial charge in [-0.25, -0.2) is 14.2 Å². The molecule has 2 N–H and O–H groups in total. The van der Waals surface area contributed by atoms with Crippen molar-refractivity contribution < 1.29 is 23.8 Å². The molecule has 6 nitrogen and oxygen atoms in total. The molecule has 1 unspecified atom stereocenters. The van der Waals surface area contributed by atoms with E-state index in [2.05, 4.69) is 10.3 Å². The number of aryl methyl sites for hydroxylation is 1. The van der Waals surface area contributed by atoms with Crippen molar-refractivity contribution in [3.8, 4) is 0 Å². The topological polar surface area (TPSA) is 88.5 Å². The SMILES string of the molecule is COCc1nc(C)c(C(=O)NC(C)(C(=O)O)c2ccc(F)cc2)s1. The maximum atomic E-state index is 13.1. The van der Waals surface area contributed by atoms with Gasteiger partial charge in [0.1, 0.15) is 15.7 Å². The largest absolute Gasteiger partial charge is 0.479 e. The number of ether oxygens (including phenoxy) is 1. The molecule has 0 fully saturated rings. The van der Waals surface area contributed by atoms with Crippen molar-refractivity contribution in [2.24, 2.45) is 0 Å². The number of nitrogens with zero attached hydrogens (tertiary/aromatic N) is 1. The molecule has 1 amide bonds. The van der Waals surface area contributed by atoms with Gasteiger partial charge in [-0.05, 0) is 31.5 Å². The number of nitrogens with one attached hydrogen (secondary N) is 1. The predicted octanol–water partition coefficient (Wildman–Crippen LogP) is 2.47. The Hall–Kier alpha value is -2.32. The molecular formula is C16H17FN2O4S. The van der Waals surface area contributed by atoms with E-state index in [4.69, 9.17) is 4.74 Å². The molecule has 0 spiro atoms. The fourth-order valence-corrected chi connectivity index (χ4v) is 3.10. The van der Waals surface area contributed by atoms with Crippen LogP contribution in [0, 0.1) is 12.7 Å². The van der Waals surface area contributed by atoms with Gasteiger partial charge >= 0.3 is 5.97 Å². The lowest BCUT2D eigenvalue weighted by Crippen LogP contribution is -2.49. The minimum absolute atomic E-state index is 0.268. The molecule has 8 heteroatoms. The van der Waals surface area contributed by atoms with Gasteiger partial charge in [-0.15, -0.1) is 11.3 Å². The molecule has 1 aromatic carbocycles. The lowest BCUT2D eigenvalue weighted by atomic mass is 9.92. The van der Waals surface area contributed by atoms with Gasteiger partial charge in [0, 0.05) is 7.11 Å². The lowest BCUT2D eigenvalue weighted by molar-refractivity contribution is -0.144. The number of hydrogen-bond acceptors (Lipinski definition) is 5. The highest BCUT2D eigenvalue weighted by atomic mass is 32.1. The van der Waals surface area contributed by atoms with Gasteiger partial charge in [-0.3, -0.25) is 4.79 Å². The van der Waals surface area contributed by atoms with Crippen LogP contribution in [0.15, 0.2) is 24.3 Å². The number of aliphatic carboxylic acids is 1. The number of amides is 1. The zero-order valence-electron chi connectivity index (χ0n) is 13.4. The van der Waals surface area contributed by atoms with Crippen molar-refractivity contribution in [2.45, 2.75) is 26.0 Å². The van der Waals surface area contributed by atoms with Crippen LogP contribution in [0.5, 0.6) is 0 Å². The van der Waals surface area contributed by atoms with Crippen LogP contribution in [0.4, 0.5) is 4.39 Å². The molecule has 0 saturated carbocycles. The van der Waals surface area contributed by atoms with E-state index in [1.807, 2.05) is 0 Å². The smallest absolute Gasteiger partial charge is 0.333 e. The lowest BCUT2D eigenvalue weighted by Gasteiger charge is -2.26. The molecule has 24 heavy (non-hydrogen) atoms. The summed E-state index contributed by atoms with van der Waals surface area (Å²) in [4.78, 5) is 28.8. The molecule has 128 valence electrons. The van der Waals surface area contributed by atoms with Crippen LogP contribution in [0.1, 0.15) is 32.9 Å².